The number of anilines is 2. The summed E-state index contributed by atoms with van der Waals surface area (Å²) in [7, 11) is -1.18. The van der Waals surface area contributed by atoms with Crippen molar-refractivity contribution in [1.29, 1.82) is 0 Å². The first-order valence-electron chi connectivity index (χ1n) is 7.72. The zero-order valence-corrected chi connectivity index (χ0v) is 15.6. The van der Waals surface area contributed by atoms with Gasteiger partial charge in [0.05, 0.1) is 10.5 Å². The van der Waals surface area contributed by atoms with Gasteiger partial charge >= 0.3 is 6.18 Å². The van der Waals surface area contributed by atoms with E-state index in [9.17, 15) is 21.6 Å². The van der Waals surface area contributed by atoms with Crippen LogP contribution in [0, 0.1) is 0 Å². The fraction of sp³-hybridized carbons (Fsp3) is 0.188. The minimum Gasteiger partial charge on any atom is -0.355 e. The summed E-state index contributed by atoms with van der Waals surface area (Å²) in [6, 6.07) is 8.42. The zero-order chi connectivity index (χ0) is 20.9. The Kier molecular flexibility index (Phi) is 6.36. The molecule has 12 heteroatoms. The highest BCUT2D eigenvalue weighted by Gasteiger charge is 2.30. The highest BCUT2D eigenvalue weighted by Crippen LogP contribution is 2.32. The van der Waals surface area contributed by atoms with E-state index in [2.05, 4.69) is 25.4 Å². The minimum absolute atomic E-state index is 0.105. The molecule has 4 N–H and O–H groups in total. The van der Waals surface area contributed by atoms with Crippen LogP contribution in [-0.4, -0.2) is 28.3 Å². The Labute approximate surface area is 159 Å². The van der Waals surface area contributed by atoms with Crippen LogP contribution < -0.4 is 15.9 Å². The summed E-state index contributed by atoms with van der Waals surface area (Å²) >= 11 is 0. The number of hydrogen-bond acceptors (Lipinski definition) is 6. The summed E-state index contributed by atoms with van der Waals surface area (Å²) in [5.74, 6) is 5.21. The maximum atomic E-state index is 12.9. The molecule has 2 aromatic rings. The van der Waals surface area contributed by atoms with Crippen LogP contribution in [-0.2, 0) is 16.2 Å². The van der Waals surface area contributed by atoms with Gasteiger partial charge in [-0.25, -0.2) is 13.1 Å². The first kappa shape index (κ1) is 21.3. The Bertz CT molecular complexity index is 1020. The van der Waals surface area contributed by atoms with E-state index in [1.54, 1.807) is 0 Å². The number of hydrogen-bond donors (Lipinski definition) is 3. The molecule has 0 amide bonds. The monoisotopic (exact) mass is 414 g/mol. The fourth-order valence-electron chi connectivity index (χ4n) is 2.28. The molecule has 0 radical (unpaired) electrons. The molecule has 150 valence electrons. The summed E-state index contributed by atoms with van der Waals surface area (Å²) in [5, 5.41) is 13.6. The van der Waals surface area contributed by atoms with Crippen LogP contribution in [0.5, 0.6) is 0 Å². The third kappa shape index (κ3) is 4.84. The van der Waals surface area contributed by atoms with Gasteiger partial charge in [0.2, 0.25) is 15.9 Å². The van der Waals surface area contributed by atoms with Crippen LogP contribution in [0.4, 0.5) is 24.5 Å². The lowest BCUT2D eigenvalue weighted by molar-refractivity contribution is -0.137. The molecule has 0 saturated heterocycles. The van der Waals surface area contributed by atoms with E-state index in [0.717, 1.165) is 12.1 Å². The summed E-state index contributed by atoms with van der Waals surface area (Å²) < 4.78 is 65.1. The van der Waals surface area contributed by atoms with Crippen molar-refractivity contribution in [3.05, 3.63) is 53.6 Å². The SMILES string of the molecule is CN=NC(=NN)c1cc(S(=O)(=O)NC)ccc1Nc1cccc(C(F)(F)F)c1. The molecule has 0 aliphatic carbocycles. The molecule has 0 bridgehead atoms. The van der Waals surface area contributed by atoms with Gasteiger partial charge in [-0.2, -0.15) is 23.4 Å². The van der Waals surface area contributed by atoms with Gasteiger partial charge in [-0.1, -0.05) is 6.07 Å². The Morgan fingerprint density at radius 3 is 2.43 bits per heavy atom. The van der Waals surface area contributed by atoms with Gasteiger partial charge in [0.1, 0.15) is 0 Å². The van der Waals surface area contributed by atoms with Crippen molar-refractivity contribution in [3.8, 4) is 0 Å². The lowest BCUT2D eigenvalue weighted by Gasteiger charge is -2.14. The highest BCUT2D eigenvalue weighted by atomic mass is 32.2. The second kappa shape index (κ2) is 8.35. The Morgan fingerprint density at radius 2 is 1.86 bits per heavy atom. The standard InChI is InChI=1S/C16H17F3N6O2S/c1-21-25-15(24-20)13-9-12(28(26,27)22-2)6-7-14(13)23-11-5-3-4-10(8-11)16(17,18)19/h3-9,22-23H,20H2,1-2H3. The fourth-order valence-corrected chi connectivity index (χ4v) is 3.03. The number of nitrogens with two attached hydrogens (primary N) is 1. The smallest absolute Gasteiger partial charge is 0.355 e. The van der Waals surface area contributed by atoms with Crippen LogP contribution >= 0.6 is 0 Å². The van der Waals surface area contributed by atoms with Gasteiger partial charge in [-0.3, -0.25) is 0 Å². The normalized spacial score (nSPS) is 13.1. The average molecular weight is 414 g/mol. The molecule has 0 saturated carbocycles. The number of halogens is 3. The van der Waals surface area contributed by atoms with E-state index in [-0.39, 0.29) is 27.7 Å². The van der Waals surface area contributed by atoms with Gasteiger partial charge < -0.3 is 11.2 Å². The Balaban J connectivity index is 2.58. The predicted molar refractivity (Wildman–Crippen MR) is 98.9 cm³/mol. The maximum Gasteiger partial charge on any atom is 0.416 e. The van der Waals surface area contributed by atoms with Crippen molar-refractivity contribution < 1.29 is 21.6 Å². The maximum absolute atomic E-state index is 12.9. The second-order valence-corrected chi connectivity index (χ2v) is 7.26. The number of sulfonamides is 1. The molecule has 2 rings (SSSR count). The number of rotatable bonds is 5. The molecule has 0 aliphatic heterocycles. The molecule has 0 aliphatic rings. The van der Waals surface area contributed by atoms with E-state index in [1.807, 2.05) is 0 Å². The van der Waals surface area contributed by atoms with E-state index in [0.29, 0.717) is 0 Å². The van der Waals surface area contributed by atoms with Crippen molar-refractivity contribution >= 4 is 27.2 Å². The molecule has 0 atom stereocenters. The van der Waals surface area contributed by atoms with Crippen molar-refractivity contribution in [2.24, 2.45) is 21.2 Å². The summed E-state index contributed by atoms with van der Waals surface area (Å²) in [6.45, 7) is 0. The molecular weight excluding hydrogens is 397 g/mol. The molecule has 0 fully saturated rings. The number of nitrogens with one attached hydrogen (secondary N) is 2. The van der Waals surface area contributed by atoms with Crippen LogP contribution in [0.25, 0.3) is 0 Å². The molecule has 0 aromatic heterocycles. The topological polar surface area (TPSA) is 121 Å². The largest absolute Gasteiger partial charge is 0.416 e. The second-order valence-electron chi connectivity index (χ2n) is 5.37. The molecule has 28 heavy (non-hydrogen) atoms. The van der Waals surface area contributed by atoms with E-state index < -0.39 is 21.8 Å². The van der Waals surface area contributed by atoms with Gasteiger partial charge in [0, 0.05) is 24.0 Å². The van der Waals surface area contributed by atoms with Gasteiger partial charge in [-0.05, 0) is 43.4 Å². The molecule has 0 unspecified atom stereocenters. The third-order valence-electron chi connectivity index (χ3n) is 3.60. The van der Waals surface area contributed by atoms with E-state index in [1.165, 1.54) is 44.4 Å². The number of nitrogens with zero attached hydrogens (tertiary/aromatic N) is 3. The summed E-state index contributed by atoms with van der Waals surface area (Å²) in [5.41, 5.74) is -0.327. The van der Waals surface area contributed by atoms with Gasteiger partial charge in [0.25, 0.3) is 0 Å². The van der Waals surface area contributed by atoms with Crippen molar-refractivity contribution in [1.82, 2.24) is 4.72 Å². The van der Waals surface area contributed by atoms with Gasteiger partial charge in [-0.15, -0.1) is 5.11 Å². The Morgan fingerprint density at radius 1 is 1.14 bits per heavy atom. The summed E-state index contributed by atoms with van der Waals surface area (Å²) in [4.78, 5) is -0.105. The van der Waals surface area contributed by atoms with Gasteiger partial charge in [0.15, 0.2) is 0 Å². The van der Waals surface area contributed by atoms with Crippen LogP contribution in [0.1, 0.15) is 11.1 Å². The first-order chi connectivity index (χ1) is 13.1. The van der Waals surface area contributed by atoms with Crippen molar-refractivity contribution in [3.63, 3.8) is 0 Å². The van der Waals surface area contributed by atoms with Crippen LogP contribution in [0.2, 0.25) is 0 Å². The Hall–Kier alpha value is -2.99. The van der Waals surface area contributed by atoms with Crippen molar-refractivity contribution in [2.75, 3.05) is 19.4 Å². The molecular formula is C16H17F3N6O2S. The number of alkyl halides is 3. The van der Waals surface area contributed by atoms with E-state index in [4.69, 9.17) is 5.84 Å². The first-order valence-corrected chi connectivity index (χ1v) is 9.20. The number of amidine groups is 1. The molecule has 8 nitrogen and oxygen atoms in total. The van der Waals surface area contributed by atoms with E-state index >= 15 is 0 Å². The average Bonchev–Trinajstić information content (AvgIpc) is 2.66. The molecule has 2 aromatic carbocycles. The third-order valence-corrected chi connectivity index (χ3v) is 5.01. The number of azo groups is 1. The number of hydrazone groups is 1. The zero-order valence-electron chi connectivity index (χ0n) is 14.8. The van der Waals surface area contributed by atoms with Crippen molar-refractivity contribution in [2.45, 2.75) is 11.1 Å². The molecule has 0 spiro atoms. The van der Waals surface area contributed by atoms with Crippen LogP contribution in [0.3, 0.4) is 0 Å². The quantitative estimate of drug-likeness (QED) is 0.229. The predicted octanol–water partition coefficient (Wildman–Crippen LogP) is 3.06. The lowest BCUT2D eigenvalue weighted by Crippen LogP contribution is -2.19. The van der Waals surface area contributed by atoms with Crippen LogP contribution in [0.15, 0.2) is 62.7 Å². The highest BCUT2D eigenvalue weighted by molar-refractivity contribution is 7.89. The lowest BCUT2D eigenvalue weighted by atomic mass is 10.1. The summed E-state index contributed by atoms with van der Waals surface area (Å²) in [6.07, 6.45) is -4.51. The molecule has 0 heterocycles. The number of benzene rings is 2. The minimum atomic E-state index is -4.51.